The molecular formula is C13H14N2O3. The Hall–Kier alpha value is -2.04. The molecule has 1 atom stereocenters. The number of amides is 2. The SMILES string of the molecule is COC(=O)N1CCC2(C1)C(=O)Nc1ccccc12. The molecule has 0 aliphatic carbocycles. The summed E-state index contributed by atoms with van der Waals surface area (Å²) in [4.78, 5) is 25.4. The number of carbonyl (C=O) groups excluding carboxylic acids is 2. The van der Waals surface area contributed by atoms with Gasteiger partial charge in [-0.25, -0.2) is 4.79 Å². The quantitative estimate of drug-likeness (QED) is 0.751. The Balaban J connectivity index is 1.97. The maximum Gasteiger partial charge on any atom is 0.409 e. The number of ether oxygens (including phenoxy) is 1. The second-order valence-corrected chi connectivity index (χ2v) is 4.72. The maximum absolute atomic E-state index is 12.2. The zero-order chi connectivity index (χ0) is 12.8. The molecule has 0 radical (unpaired) electrons. The van der Waals surface area contributed by atoms with Crippen LogP contribution in [0.15, 0.2) is 24.3 Å². The van der Waals surface area contributed by atoms with Crippen LogP contribution >= 0.6 is 0 Å². The first-order valence-electron chi connectivity index (χ1n) is 5.91. The Morgan fingerprint density at radius 1 is 1.44 bits per heavy atom. The van der Waals surface area contributed by atoms with Crippen molar-refractivity contribution in [1.29, 1.82) is 0 Å². The van der Waals surface area contributed by atoms with E-state index in [0.29, 0.717) is 19.5 Å². The van der Waals surface area contributed by atoms with Crippen LogP contribution in [0.3, 0.4) is 0 Å². The summed E-state index contributed by atoms with van der Waals surface area (Å²) in [7, 11) is 1.36. The van der Waals surface area contributed by atoms with Crippen molar-refractivity contribution in [2.45, 2.75) is 11.8 Å². The van der Waals surface area contributed by atoms with Crippen molar-refractivity contribution in [2.24, 2.45) is 0 Å². The van der Waals surface area contributed by atoms with Gasteiger partial charge in [-0.05, 0) is 18.1 Å². The second kappa shape index (κ2) is 3.73. The molecule has 0 aromatic heterocycles. The Kier molecular flexibility index (Phi) is 2.29. The number of nitrogens with zero attached hydrogens (tertiary/aromatic N) is 1. The van der Waals surface area contributed by atoms with Gasteiger partial charge in [-0.15, -0.1) is 0 Å². The standard InChI is InChI=1S/C13H14N2O3/c1-18-12(17)15-7-6-13(8-15)9-4-2-3-5-10(9)14-11(13)16/h2-5H,6-8H2,1H3,(H,14,16). The van der Waals surface area contributed by atoms with Gasteiger partial charge in [0, 0.05) is 18.8 Å². The number of anilines is 1. The molecule has 2 amide bonds. The topological polar surface area (TPSA) is 58.6 Å². The summed E-state index contributed by atoms with van der Waals surface area (Å²) in [6, 6.07) is 7.66. The third kappa shape index (κ3) is 1.33. The van der Waals surface area contributed by atoms with Gasteiger partial charge in [-0.2, -0.15) is 0 Å². The molecule has 1 spiro atoms. The molecule has 2 aliphatic heterocycles. The fourth-order valence-corrected chi connectivity index (χ4v) is 2.87. The molecule has 2 heterocycles. The number of fused-ring (bicyclic) bond motifs is 2. The molecule has 1 fully saturated rings. The number of methoxy groups -OCH3 is 1. The van der Waals surface area contributed by atoms with Gasteiger partial charge in [0.25, 0.3) is 0 Å². The summed E-state index contributed by atoms with van der Waals surface area (Å²) in [6.07, 6.45) is 0.273. The van der Waals surface area contributed by atoms with Crippen molar-refractivity contribution in [1.82, 2.24) is 4.90 Å². The molecular weight excluding hydrogens is 232 g/mol. The number of hydrogen-bond donors (Lipinski definition) is 1. The number of rotatable bonds is 0. The molecule has 0 bridgehead atoms. The van der Waals surface area contributed by atoms with Crippen LogP contribution in [0.2, 0.25) is 0 Å². The highest BCUT2D eigenvalue weighted by Crippen LogP contribution is 2.43. The Labute approximate surface area is 105 Å². The van der Waals surface area contributed by atoms with E-state index < -0.39 is 5.41 Å². The van der Waals surface area contributed by atoms with Crippen LogP contribution in [-0.4, -0.2) is 37.1 Å². The normalized spacial score (nSPS) is 25.2. The molecule has 1 aromatic carbocycles. The van der Waals surface area contributed by atoms with E-state index in [1.54, 1.807) is 4.90 Å². The molecule has 5 heteroatoms. The predicted octanol–water partition coefficient (Wildman–Crippen LogP) is 1.35. The minimum Gasteiger partial charge on any atom is -0.453 e. The van der Waals surface area contributed by atoms with Gasteiger partial charge < -0.3 is 15.0 Å². The van der Waals surface area contributed by atoms with Crippen molar-refractivity contribution < 1.29 is 14.3 Å². The lowest BCUT2D eigenvalue weighted by molar-refractivity contribution is -0.120. The summed E-state index contributed by atoms with van der Waals surface area (Å²) in [5.41, 5.74) is 1.25. The van der Waals surface area contributed by atoms with Crippen LogP contribution in [0, 0.1) is 0 Å². The summed E-state index contributed by atoms with van der Waals surface area (Å²) in [6.45, 7) is 0.941. The minimum atomic E-state index is -0.592. The fourth-order valence-electron chi connectivity index (χ4n) is 2.87. The smallest absolute Gasteiger partial charge is 0.409 e. The van der Waals surface area contributed by atoms with E-state index in [0.717, 1.165) is 11.3 Å². The van der Waals surface area contributed by atoms with E-state index in [1.165, 1.54) is 7.11 Å². The molecule has 0 saturated carbocycles. The van der Waals surface area contributed by atoms with Gasteiger partial charge in [0.05, 0.1) is 12.5 Å². The summed E-state index contributed by atoms with van der Waals surface area (Å²) < 4.78 is 4.72. The van der Waals surface area contributed by atoms with E-state index >= 15 is 0 Å². The lowest BCUT2D eigenvalue weighted by Gasteiger charge is -2.21. The first-order valence-corrected chi connectivity index (χ1v) is 5.91. The molecule has 5 nitrogen and oxygen atoms in total. The van der Waals surface area contributed by atoms with Gasteiger partial charge >= 0.3 is 6.09 Å². The van der Waals surface area contributed by atoms with Crippen LogP contribution in [0.4, 0.5) is 10.5 Å². The molecule has 1 aromatic rings. The molecule has 2 aliphatic rings. The number of nitrogens with one attached hydrogen (secondary N) is 1. The molecule has 1 N–H and O–H groups in total. The van der Waals surface area contributed by atoms with Gasteiger partial charge in [-0.1, -0.05) is 18.2 Å². The lowest BCUT2D eigenvalue weighted by Crippen LogP contribution is -2.39. The van der Waals surface area contributed by atoms with Gasteiger partial charge in [0.15, 0.2) is 0 Å². The van der Waals surface area contributed by atoms with E-state index in [2.05, 4.69) is 5.32 Å². The first-order chi connectivity index (χ1) is 8.67. The number of hydrogen-bond acceptors (Lipinski definition) is 3. The lowest BCUT2D eigenvalue weighted by atomic mass is 9.81. The van der Waals surface area contributed by atoms with Crippen LogP contribution in [0.1, 0.15) is 12.0 Å². The van der Waals surface area contributed by atoms with E-state index in [1.807, 2.05) is 24.3 Å². The third-order valence-corrected chi connectivity index (χ3v) is 3.83. The van der Waals surface area contributed by atoms with Crippen molar-refractivity contribution in [3.8, 4) is 0 Å². The van der Waals surface area contributed by atoms with Gasteiger partial charge in [-0.3, -0.25) is 4.79 Å². The number of carbonyl (C=O) groups is 2. The van der Waals surface area contributed by atoms with Crippen LogP contribution in [0.5, 0.6) is 0 Å². The van der Waals surface area contributed by atoms with Crippen LogP contribution in [0.25, 0.3) is 0 Å². The van der Waals surface area contributed by atoms with Gasteiger partial charge in [0.2, 0.25) is 5.91 Å². The van der Waals surface area contributed by atoms with E-state index in [4.69, 9.17) is 4.74 Å². The highest BCUT2D eigenvalue weighted by Gasteiger charge is 2.52. The summed E-state index contributed by atoms with van der Waals surface area (Å²) >= 11 is 0. The first kappa shape index (κ1) is 11.1. The van der Waals surface area contributed by atoms with Crippen LogP contribution < -0.4 is 5.32 Å². The summed E-state index contributed by atoms with van der Waals surface area (Å²) in [5, 5.41) is 2.89. The average Bonchev–Trinajstić information content (AvgIpc) is 2.94. The highest BCUT2D eigenvalue weighted by atomic mass is 16.5. The average molecular weight is 246 g/mol. The maximum atomic E-state index is 12.2. The number of likely N-dealkylation sites (tertiary alicyclic amines) is 1. The molecule has 1 saturated heterocycles. The Morgan fingerprint density at radius 3 is 3.00 bits per heavy atom. The number of para-hydroxylation sites is 1. The Morgan fingerprint density at radius 2 is 2.22 bits per heavy atom. The highest BCUT2D eigenvalue weighted by molar-refractivity contribution is 6.07. The predicted molar refractivity (Wildman–Crippen MR) is 65.3 cm³/mol. The van der Waals surface area contributed by atoms with E-state index in [9.17, 15) is 9.59 Å². The zero-order valence-corrected chi connectivity index (χ0v) is 10.1. The van der Waals surface area contributed by atoms with E-state index in [-0.39, 0.29) is 12.0 Å². The molecule has 18 heavy (non-hydrogen) atoms. The number of benzene rings is 1. The van der Waals surface area contributed by atoms with Crippen LogP contribution in [-0.2, 0) is 14.9 Å². The molecule has 3 rings (SSSR count). The summed E-state index contributed by atoms with van der Waals surface area (Å²) in [5.74, 6) is -0.0184. The second-order valence-electron chi connectivity index (χ2n) is 4.72. The van der Waals surface area contributed by atoms with Crippen molar-refractivity contribution in [2.75, 3.05) is 25.5 Å². The van der Waals surface area contributed by atoms with Crippen molar-refractivity contribution >= 4 is 17.7 Å². The fraction of sp³-hybridized carbons (Fsp3) is 0.385. The largest absolute Gasteiger partial charge is 0.453 e. The monoisotopic (exact) mass is 246 g/mol. The Bertz CT molecular complexity index is 529. The molecule has 1 unspecified atom stereocenters. The minimum absolute atomic E-state index is 0.0184. The molecule has 94 valence electrons. The van der Waals surface area contributed by atoms with Crippen molar-refractivity contribution in [3.05, 3.63) is 29.8 Å². The zero-order valence-electron chi connectivity index (χ0n) is 10.1. The van der Waals surface area contributed by atoms with Gasteiger partial charge in [0.1, 0.15) is 0 Å². The van der Waals surface area contributed by atoms with Crippen molar-refractivity contribution in [3.63, 3.8) is 0 Å². The third-order valence-electron chi connectivity index (χ3n) is 3.83.